The number of hydrogen-bond acceptors (Lipinski definition) is 2. The molecule has 1 unspecified atom stereocenters. The average molecular weight is 222 g/mol. The Kier molecular flexibility index (Phi) is 3.42. The highest BCUT2D eigenvalue weighted by Gasteiger charge is 2.08. The van der Waals surface area contributed by atoms with Crippen molar-refractivity contribution in [2.75, 3.05) is 5.32 Å². The van der Waals surface area contributed by atoms with Crippen LogP contribution < -0.4 is 5.32 Å². The van der Waals surface area contributed by atoms with Gasteiger partial charge in [0.15, 0.2) is 0 Å². The van der Waals surface area contributed by atoms with Crippen LogP contribution in [0.3, 0.4) is 0 Å². The molecule has 0 saturated carbocycles. The zero-order valence-corrected chi connectivity index (χ0v) is 9.72. The Morgan fingerprint density at radius 2 is 1.82 bits per heavy atom. The van der Waals surface area contributed by atoms with Crippen LogP contribution in [-0.4, -0.2) is 0 Å². The summed E-state index contributed by atoms with van der Waals surface area (Å²) >= 11 is 0. The molecular weight excluding hydrogens is 208 g/mol. The van der Waals surface area contributed by atoms with Crippen LogP contribution in [0.1, 0.15) is 17.2 Å². The first-order chi connectivity index (χ1) is 8.29. The summed E-state index contributed by atoms with van der Waals surface area (Å²) in [5, 5.41) is 12.4. The average Bonchev–Trinajstić information content (AvgIpc) is 2.37. The van der Waals surface area contributed by atoms with Crippen molar-refractivity contribution in [3.63, 3.8) is 0 Å². The van der Waals surface area contributed by atoms with E-state index in [9.17, 15) is 5.26 Å². The Labute approximate surface area is 102 Å². The predicted molar refractivity (Wildman–Crippen MR) is 69.6 cm³/mol. The maximum absolute atomic E-state index is 9.20. The molecule has 0 radical (unpaired) electrons. The van der Waals surface area contributed by atoms with Crippen LogP contribution in [0.5, 0.6) is 0 Å². The summed E-state index contributed by atoms with van der Waals surface area (Å²) in [7, 11) is 0. The zero-order valence-electron chi connectivity index (χ0n) is 9.72. The molecule has 0 aliphatic rings. The van der Waals surface area contributed by atoms with E-state index in [2.05, 4.69) is 11.4 Å². The summed E-state index contributed by atoms with van der Waals surface area (Å²) in [5.41, 5.74) is 3.14. The van der Waals surface area contributed by atoms with Crippen LogP contribution in [0.25, 0.3) is 0 Å². The van der Waals surface area contributed by atoms with Gasteiger partial charge < -0.3 is 5.32 Å². The van der Waals surface area contributed by atoms with Crippen molar-refractivity contribution in [1.29, 1.82) is 5.26 Å². The zero-order chi connectivity index (χ0) is 12.1. The smallest absolute Gasteiger partial charge is 0.140 e. The summed E-state index contributed by atoms with van der Waals surface area (Å²) in [4.78, 5) is 0. The normalized spacial score (nSPS) is 11.5. The number of rotatable bonds is 3. The molecule has 0 bridgehead atoms. The van der Waals surface area contributed by atoms with Crippen LogP contribution in [-0.2, 0) is 0 Å². The van der Waals surface area contributed by atoms with E-state index in [1.165, 1.54) is 5.56 Å². The standard InChI is InChI=1S/C15H14N2/c1-12-6-5-9-14(10-12)17-15(11-16)13-7-3-2-4-8-13/h2-10,15,17H,1H3. The summed E-state index contributed by atoms with van der Waals surface area (Å²) in [6, 6.07) is 19.7. The number of hydrogen-bond donors (Lipinski definition) is 1. The highest BCUT2D eigenvalue weighted by molar-refractivity contribution is 5.49. The molecule has 1 N–H and O–H groups in total. The molecule has 0 aliphatic carbocycles. The monoisotopic (exact) mass is 222 g/mol. The molecule has 2 aromatic carbocycles. The maximum atomic E-state index is 9.20. The van der Waals surface area contributed by atoms with Gasteiger partial charge in [0.25, 0.3) is 0 Å². The minimum atomic E-state index is -0.307. The number of nitrogens with zero attached hydrogens (tertiary/aromatic N) is 1. The number of aryl methyl sites for hydroxylation is 1. The van der Waals surface area contributed by atoms with Gasteiger partial charge in [-0.3, -0.25) is 0 Å². The second-order valence-corrected chi connectivity index (χ2v) is 3.99. The van der Waals surface area contributed by atoms with Gasteiger partial charge in [0.2, 0.25) is 0 Å². The first-order valence-corrected chi connectivity index (χ1v) is 5.57. The lowest BCUT2D eigenvalue weighted by molar-refractivity contribution is 0.997. The first kappa shape index (κ1) is 11.2. The van der Waals surface area contributed by atoms with Crippen molar-refractivity contribution >= 4 is 5.69 Å². The number of nitrogens with one attached hydrogen (secondary N) is 1. The Hall–Kier alpha value is -2.27. The van der Waals surface area contributed by atoms with Gasteiger partial charge in [-0.05, 0) is 30.2 Å². The van der Waals surface area contributed by atoms with Gasteiger partial charge >= 0.3 is 0 Å². The number of benzene rings is 2. The van der Waals surface area contributed by atoms with Crippen LogP contribution in [0.15, 0.2) is 54.6 Å². The third kappa shape index (κ3) is 2.85. The number of anilines is 1. The van der Waals surface area contributed by atoms with Crippen molar-refractivity contribution in [2.45, 2.75) is 13.0 Å². The van der Waals surface area contributed by atoms with Gasteiger partial charge in [0.1, 0.15) is 6.04 Å². The van der Waals surface area contributed by atoms with E-state index in [1.807, 2.05) is 61.5 Å². The lowest BCUT2D eigenvalue weighted by Gasteiger charge is -2.13. The predicted octanol–water partition coefficient (Wildman–Crippen LogP) is 3.67. The summed E-state index contributed by atoms with van der Waals surface area (Å²) in [5.74, 6) is 0. The Morgan fingerprint density at radius 1 is 1.06 bits per heavy atom. The third-order valence-electron chi connectivity index (χ3n) is 2.59. The minimum Gasteiger partial charge on any atom is -0.366 e. The van der Waals surface area contributed by atoms with Crippen molar-refractivity contribution in [2.24, 2.45) is 0 Å². The Bertz CT molecular complexity index is 526. The molecule has 0 aromatic heterocycles. The van der Waals surface area contributed by atoms with E-state index in [1.54, 1.807) is 0 Å². The second-order valence-electron chi connectivity index (χ2n) is 3.99. The third-order valence-corrected chi connectivity index (χ3v) is 2.59. The molecule has 0 fully saturated rings. The topological polar surface area (TPSA) is 35.8 Å². The van der Waals surface area contributed by atoms with E-state index in [0.29, 0.717) is 0 Å². The van der Waals surface area contributed by atoms with Gasteiger partial charge in [-0.2, -0.15) is 5.26 Å². The highest BCUT2D eigenvalue weighted by atomic mass is 14.9. The Balaban J connectivity index is 2.20. The molecule has 2 rings (SSSR count). The van der Waals surface area contributed by atoms with Gasteiger partial charge in [-0.15, -0.1) is 0 Å². The maximum Gasteiger partial charge on any atom is 0.140 e. The van der Waals surface area contributed by atoms with E-state index in [-0.39, 0.29) is 6.04 Å². The SMILES string of the molecule is Cc1cccc(NC(C#N)c2ccccc2)c1. The van der Waals surface area contributed by atoms with Crippen LogP contribution >= 0.6 is 0 Å². The first-order valence-electron chi connectivity index (χ1n) is 5.57. The van der Waals surface area contributed by atoms with Crippen LogP contribution in [0.4, 0.5) is 5.69 Å². The van der Waals surface area contributed by atoms with E-state index in [4.69, 9.17) is 0 Å². The molecule has 2 nitrogen and oxygen atoms in total. The van der Waals surface area contributed by atoms with Crippen molar-refractivity contribution in [3.8, 4) is 6.07 Å². The molecule has 17 heavy (non-hydrogen) atoms. The van der Waals surface area contributed by atoms with E-state index >= 15 is 0 Å². The molecule has 0 amide bonds. The van der Waals surface area contributed by atoms with Crippen molar-refractivity contribution in [1.82, 2.24) is 0 Å². The highest BCUT2D eigenvalue weighted by Crippen LogP contribution is 2.19. The number of nitriles is 1. The van der Waals surface area contributed by atoms with Gasteiger partial charge in [-0.25, -0.2) is 0 Å². The van der Waals surface area contributed by atoms with Gasteiger partial charge in [0, 0.05) is 5.69 Å². The molecule has 1 atom stereocenters. The second kappa shape index (κ2) is 5.18. The summed E-state index contributed by atoms with van der Waals surface area (Å²) in [6.07, 6.45) is 0. The quantitative estimate of drug-likeness (QED) is 0.860. The van der Waals surface area contributed by atoms with Crippen molar-refractivity contribution in [3.05, 3.63) is 65.7 Å². The fourth-order valence-electron chi connectivity index (χ4n) is 1.74. The lowest BCUT2D eigenvalue weighted by Crippen LogP contribution is -2.08. The van der Waals surface area contributed by atoms with Crippen LogP contribution in [0, 0.1) is 18.3 Å². The minimum absolute atomic E-state index is 0.307. The lowest BCUT2D eigenvalue weighted by atomic mass is 10.1. The Morgan fingerprint density at radius 3 is 2.47 bits per heavy atom. The van der Waals surface area contributed by atoms with Gasteiger partial charge in [-0.1, -0.05) is 42.5 Å². The summed E-state index contributed by atoms with van der Waals surface area (Å²) in [6.45, 7) is 2.04. The fourth-order valence-corrected chi connectivity index (χ4v) is 1.74. The van der Waals surface area contributed by atoms with Gasteiger partial charge in [0.05, 0.1) is 6.07 Å². The van der Waals surface area contributed by atoms with E-state index in [0.717, 1.165) is 11.3 Å². The summed E-state index contributed by atoms with van der Waals surface area (Å²) < 4.78 is 0. The molecule has 2 aromatic rings. The van der Waals surface area contributed by atoms with Crippen molar-refractivity contribution < 1.29 is 0 Å². The molecular formula is C15H14N2. The molecule has 84 valence electrons. The van der Waals surface area contributed by atoms with Crippen LogP contribution in [0.2, 0.25) is 0 Å². The van der Waals surface area contributed by atoms with E-state index < -0.39 is 0 Å². The molecule has 0 heterocycles. The molecule has 0 spiro atoms. The molecule has 2 heteroatoms. The molecule has 0 aliphatic heterocycles. The largest absolute Gasteiger partial charge is 0.366 e. The fraction of sp³-hybridized carbons (Fsp3) is 0.133. The molecule has 0 saturated heterocycles.